The summed E-state index contributed by atoms with van der Waals surface area (Å²) in [5.41, 5.74) is -1.39. The summed E-state index contributed by atoms with van der Waals surface area (Å²) in [5.74, 6) is -0.439. The maximum Gasteiger partial charge on any atom is 0.339 e. The number of carbonyl (C=O) groups is 2. The topological polar surface area (TPSA) is 127 Å². The van der Waals surface area contributed by atoms with E-state index in [-0.39, 0.29) is 20.8 Å². The zero-order valence-electron chi connectivity index (χ0n) is 13.0. The average molecular weight is 365 g/mol. The second kappa shape index (κ2) is 5.01. The Morgan fingerprint density at radius 2 is 1.88 bits per heavy atom. The van der Waals surface area contributed by atoms with Gasteiger partial charge in [-0.25, -0.2) is 13.2 Å². The highest BCUT2D eigenvalue weighted by Gasteiger charge is 2.64. The normalized spacial score (nSPS) is 31.0. The van der Waals surface area contributed by atoms with Gasteiger partial charge in [0.25, 0.3) is 21.6 Å². The third-order valence-electron chi connectivity index (χ3n) is 5.52. The van der Waals surface area contributed by atoms with Crippen LogP contribution in [0.4, 0.5) is 10.5 Å². The van der Waals surface area contributed by atoms with Crippen LogP contribution in [-0.4, -0.2) is 35.1 Å². The van der Waals surface area contributed by atoms with Crippen molar-refractivity contribution in [2.45, 2.75) is 36.1 Å². The van der Waals surface area contributed by atoms with Crippen molar-refractivity contribution in [1.82, 2.24) is 9.62 Å². The predicted molar refractivity (Wildman–Crippen MR) is 83.8 cm³/mol. The van der Waals surface area contributed by atoms with Crippen molar-refractivity contribution in [3.8, 4) is 0 Å². The first-order chi connectivity index (χ1) is 11.8. The van der Waals surface area contributed by atoms with Crippen LogP contribution >= 0.6 is 0 Å². The lowest BCUT2D eigenvalue weighted by atomic mass is 9.81. The van der Waals surface area contributed by atoms with E-state index in [1.165, 1.54) is 0 Å². The third-order valence-corrected chi connectivity index (χ3v) is 7.20. The number of sulfonamides is 1. The van der Waals surface area contributed by atoms with E-state index in [1.807, 2.05) is 0 Å². The van der Waals surface area contributed by atoms with Crippen LogP contribution in [0.15, 0.2) is 29.2 Å². The molecular weight excluding hydrogens is 350 g/mol. The molecule has 3 atom stereocenters. The minimum atomic E-state index is -4.41. The van der Waals surface area contributed by atoms with Crippen molar-refractivity contribution in [2.75, 3.05) is 0 Å². The maximum absolute atomic E-state index is 12.9. The number of nitrogens with zero attached hydrogens (tertiary/aromatic N) is 2. The van der Waals surface area contributed by atoms with Crippen LogP contribution in [0.5, 0.6) is 0 Å². The second-order valence-electron chi connectivity index (χ2n) is 6.81. The van der Waals surface area contributed by atoms with Crippen molar-refractivity contribution in [1.29, 1.82) is 0 Å². The molecule has 0 radical (unpaired) electrons. The molecule has 3 amide bonds. The van der Waals surface area contributed by atoms with Crippen molar-refractivity contribution >= 4 is 27.6 Å². The van der Waals surface area contributed by atoms with Crippen LogP contribution in [0.1, 0.15) is 25.7 Å². The number of imide groups is 1. The molecule has 2 aliphatic carbocycles. The van der Waals surface area contributed by atoms with Gasteiger partial charge >= 0.3 is 6.03 Å². The lowest BCUT2D eigenvalue weighted by Crippen LogP contribution is -2.51. The highest BCUT2D eigenvalue weighted by atomic mass is 32.2. The number of urea groups is 1. The standard InChI is InChI=1S/C15H15N3O6S/c19-13-15(8-9-1-2-10(15)7-9)16-14(20)17(13)25(23,24)12-5-3-11(4-6-12)18(21)22/h3-6,9-10H,1-2,7-8H2,(H,16,20). The quantitative estimate of drug-likeness (QED) is 0.490. The number of carbonyl (C=O) groups excluding carboxylic acids is 2. The number of non-ortho nitro benzene ring substituents is 1. The molecule has 3 unspecified atom stereocenters. The van der Waals surface area contributed by atoms with Crippen LogP contribution < -0.4 is 5.32 Å². The number of amides is 3. The Morgan fingerprint density at radius 1 is 1.20 bits per heavy atom. The number of nitro benzene ring substituents is 1. The molecule has 2 saturated carbocycles. The molecule has 132 valence electrons. The van der Waals surface area contributed by atoms with E-state index in [0.717, 1.165) is 43.5 Å². The zero-order chi connectivity index (χ0) is 18.0. The summed E-state index contributed by atoms with van der Waals surface area (Å²) in [4.78, 5) is 34.9. The van der Waals surface area contributed by atoms with Gasteiger partial charge in [-0.15, -0.1) is 4.31 Å². The van der Waals surface area contributed by atoms with Gasteiger partial charge in [-0.1, -0.05) is 0 Å². The Bertz CT molecular complexity index is 896. The fourth-order valence-corrected chi connectivity index (χ4v) is 5.71. The fraction of sp³-hybridized carbons (Fsp3) is 0.467. The van der Waals surface area contributed by atoms with Crippen LogP contribution in [-0.2, 0) is 14.8 Å². The summed E-state index contributed by atoms with van der Waals surface area (Å²) in [7, 11) is -4.41. The fourth-order valence-electron chi connectivity index (χ4n) is 4.38. The summed E-state index contributed by atoms with van der Waals surface area (Å²) < 4.78 is 25.8. The van der Waals surface area contributed by atoms with E-state index in [4.69, 9.17) is 0 Å². The average Bonchev–Trinajstić information content (AvgIpc) is 3.22. The number of rotatable bonds is 3. The second-order valence-corrected chi connectivity index (χ2v) is 8.59. The Balaban J connectivity index is 1.70. The molecule has 1 spiro atoms. The molecule has 9 nitrogen and oxygen atoms in total. The van der Waals surface area contributed by atoms with Crippen molar-refractivity contribution < 1.29 is 22.9 Å². The van der Waals surface area contributed by atoms with E-state index in [0.29, 0.717) is 12.3 Å². The Hall–Kier alpha value is -2.49. The number of hydrogen-bond donors (Lipinski definition) is 1. The van der Waals surface area contributed by atoms with E-state index in [9.17, 15) is 28.1 Å². The van der Waals surface area contributed by atoms with Crippen LogP contribution in [0.2, 0.25) is 0 Å². The molecule has 1 heterocycles. The van der Waals surface area contributed by atoms with Crippen LogP contribution in [0, 0.1) is 22.0 Å². The number of hydrogen-bond acceptors (Lipinski definition) is 6. The van der Waals surface area contributed by atoms with Crippen molar-refractivity contribution in [2.24, 2.45) is 11.8 Å². The Kier molecular flexibility index (Phi) is 3.21. The van der Waals surface area contributed by atoms with Crippen LogP contribution in [0.25, 0.3) is 0 Å². The molecule has 2 bridgehead atoms. The van der Waals surface area contributed by atoms with E-state index in [2.05, 4.69) is 5.32 Å². The van der Waals surface area contributed by atoms with Gasteiger partial charge < -0.3 is 5.32 Å². The van der Waals surface area contributed by atoms with Gasteiger partial charge in [-0.05, 0) is 49.7 Å². The van der Waals surface area contributed by atoms with Gasteiger partial charge in [0.15, 0.2) is 0 Å². The lowest BCUT2D eigenvalue weighted by Gasteiger charge is -2.30. The van der Waals surface area contributed by atoms with Gasteiger partial charge in [-0.2, -0.15) is 0 Å². The Labute approximate surface area is 143 Å². The SMILES string of the molecule is O=C1NC2(CC3CCC2C3)C(=O)N1S(=O)(=O)c1ccc([N+](=O)[O-])cc1. The molecule has 4 rings (SSSR count). The first-order valence-corrected chi connectivity index (χ1v) is 9.36. The lowest BCUT2D eigenvalue weighted by molar-refractivity contribution is -0.384. The largest absolute Gasteiger partial charge is 0.339 e. The molecule has 1 aromatic rings. The summed E-state index contributed by atoms with van der Waals surface area (Å²) in [6.07, 6.45) is 3.07. The highest BCUT2D eigenvalue weighted by Crippen LogP contribution is 2.53. The molecule has 3 fully saturated rings. The van der Waals surface area contributed by atoms with Gasteiger partial charge in [0, 0.05) is 12.1 Å². The van der Waals surface area contributed by atoms with E-state index < -0.39 is 32.4 Å². The zero-order valence-corrected chi connectivity index (χ0v) is 13.9. The van der Waals surface area contributed by atoms with Crippen LogP contribution in [0.3, 0.4) is 0 Å². The first-order valence-electron chi connectivity index (χ1n) is 7.92. The Morgan fingerprint density at radius 3 is 2.40 bits per heavy atom. The van der Waals surface area contributed by atoms with Gasteiger partial charge in [-0.3, -0.25) is 14.9 Å². The number of nitro groups is 1. The van der Waals surface area contributed by atoms with Crippen molar-refractivity contribution in [3.63, 3.8) is 0 Å². The third kappa shape index (κ3) is 2.10. The molecule has 1 saturated heterocycles. The maximum atomic E-state index is 12.9. The molecule has 0 aromatic heterocycles. The smallest absolute Gasteiger partial charge is 0.322 e. The van der Waals surface area contributed by atoms with Gasteiger partial charge in [0.2, 0.25) is 0 Å². The minimum absolute atomic E-state index is 0.0361. The summed E-state index contributed by atoms with van der Waals surface area (Å²) >= 11 is 0. The molecule has 1 aliphatic heterocycles. The molecule has 3 aliphatic rings. The number of benzene rings is 1. The predicted octanol–water partition coefficient (Wildman–Crippen LogP) is 1.39. The monoisotopic (exact) mass is 365 g/mol. The molecular formula is C15H15N3O6S. The number of fused-ring (bicyclic) bond motifs is 3. The molecule has 1 N–H and O–H groups in total. The molecule has 1 aromatic carbocycles. The van der Waals surface area contributed by atoms with E-state index >= 15 is 0 Å². The highest BCUT2D eigenvalue weighted by molar-refractivity contribution is 7.90. The molecule has 10 heteroatoms. The van der Waals surface area contributed by atoms with Gasteiger partial charge in [0.1, 0.15) is 5.54 Å². The summed E-state index contributed by atoms with van der Waals surface area (Å²) in [6, 6.07) is 3.16. The van der Waals surface area contributed by atoms with Gasteiger partial charge in [0.05, 0.1) is 9.82 Å². The van der Waals surface area contributed by atoms with E-state index in [1.54, 1.807) is 0 Å². The first kappa shape index (κ1) is 16.0. The minimum Gasteiger partial charge on any atom is -0.322 e. The summed E-state index contributed by atoms with van der Waals surface area (Å²) in [5, 5.41) is 13.3. The summed E-state index contributed by atoms with van der Waals surface area (Å²) in [6.45, 7) is 0. The molecule has 25 heavy (non-hydrogen) atoms. The number of nitrogens with one attached hydrogen (secondary N) is 1. The van der Waals surface area contributed by atoms with Crippen molar-refractivity contribution in [3.05, 3.63) is 34.4 Å².